The van der Waals surface area contributed by atoms with Crippen molar-refractivity contribution in [3.8, 4) is 0 Å². The Morgan fingerprint density at radius 3 is 2.38 bits per heavy atom. The van der Waals surface area contributed by atoms with E-state index in [1.54, 1.807) is 41.3 Å². The lowest BCUT2D eigenvalue weighted by Gasteiger charge is -2.34. The summed E-state index contributed by atoms with van der Waals surface area (Å²) >= 11 is 0. The third-order valence-corrected chi connectivity index (χ3v) is 4.82. The molecular weight excluding hydrogens is 330 g/mol. The molecule has 2 aliphatic rings. The van der Waals surface area contributed by atoms with E-state index in [0.29, 0.717) is 36.4 Å². The van der Waals surface area contributed by atoms with Gasteiger partial charge in [0.2, 0.25) is 5.66 Å². The van der Waals surface area contributed by atoms with Gasteiger partial charge in [0.25, 0.3) is 5.91 Å². The Bertz CT molecular complexity index is 873. The Morgan fingerprint density at radius 1 is 1.04 bits per heavy atom. The van der Waals surface area contributed by atoms with Crippen LogP contribution in [-0.2, 0) is 4.74 Å². The van der Waals surface area contributed by atoms with Gasteiger partial charge >= 0.3 is 0 Å². The molecule has 132 valence electrons. The van der Waals surface area contributed by atoms with Crippen molar-refractivity contribution in [2.75, 3.05) is 19.7 Å². The molecule has 0 bridgehead atoms. The van der Waals surface area contributed by atoms with Gasteiger partial charge in [-0.15, -0.1) is 0 Å². The maximum Gasteiger partial charge on any atom is 0.254 e. The molecule has 0 aromatic heterocycles. The van der Waals surface area contributed by atoms with Crippen molar-refractivity contribution < 1.29 is 14.3 Å². The largest absolute Gasteiger partial charge is 0.370 e. The highest BCUT2D eigenvalue weighted by Gasteiger charge is 2.47. The van der Waals surface area contributed by atoms with Gasteiger partial charge in [-0.1, -0.05) is 48.5 Å². The number of ether oxygens (including phenoxy) is 1. The highest BCUT2D eigenvalue weighted by atomic mass is 16.5. The number of hydrogen-bond donors (Lipinski definition) is 0. The lowest BCUT2D eigenvalue weighted by Crippen LogP contribution is -2.50. The lowest BCUT2D eigenvalue weighted by atomic mass is 9.97. The molecule has 6 heteroatoms. The van der Waals surface area contributed by atoms with Crippen molar-refractivity contribution in [1.29, 1.82) is 0 Å². The molecule has 2 aromatic carbocycles. The molecule has 4 rings (SSSR count). The minimum Gasteiger partial charge on any atom is -0.370 e. The first-order valence-corrected chi connectivity index (χ1v) is 8.62. The van der Waals surface area contributed by atoms with Crippen LogP contribution < -0.4 is 0 Å². The van der Waals surface area contributed by atoms with E-state index in [2.05, 4.69) is 10.2 Å². The van der Waals surface area contributed by atoms with Gasteiger partial charge in [0.1, 0.15) is 6.10 Å². The second kappa shape index (κ2) is 6.46. The van der Waals surface area contributed by atoms with Gasteiger partial charge in [-0.25, -0.2) is 0 Å². The molecule has 1 atom stereocenters. The summed E-state index contributed by atoms with van der Waals surface area (Å²) in [6.07, 6.45) is -0.239. The summed E-state index contributed by atoms with van der Waals surface area (Å²) in [6.45, 7) is 3.22. The molecule has 0 aliphatic carbocycles. The van der Waals surface area contributed by atoms with E-state index in [9.17, 15) is 9.59 Å². The zero-order valence-electron chi connectivity index (χ0n) is 14.5. The van der Waals surface area contributed by atoms with Crippen LogP contribution in [0.25, 0.3) is 0 Å². The quantitative estimate of drug-likeness (QED) is 0.797. The van der Waals surface area contributed by atoms with E-state index in [1.807, 2.05) is 25.1 Å². The van der Waals surface area contributed by atoms with Crippen LogP contribution in [0.5, 0.6) is 0 Å². The molecule has 2 aromatic rings. The molecule has 0 saturated carbocycles. The Balaban J connectivity index is 1.59. The second-order valence-corrected chi connectivity index (χ2v) is 6.65. The predicted molar refractivity (Wildman–Crippen MR) is 95.2 cm³/mol. The van der Waals surface area contributed by atoms with Crippen LogP contribution in [0.1, 0.15) is 33.2 Å². The monoisotopic (exact) mass is 349 g/mol. The molecule has 0 N–H and O–H groups in total. The number of nitrogens with zero attached hydrogens (tertiary/aromatic N) is 3. The van der Waals surface area contributed by atoms with Crippen LogP contribution in [0.3, 0.4) is 0 Å². The molecule has 1 amide bonds. The summed E-state index contributed by atoms with van der Waals surface area (Å²) in [5, 5.41) is 8.04. The first kappa shape index (κ1) is 16.6. The standard InChI is InChI=1S/C20H19N3O3/c1-20(21-22-20)17-13-23(11-12-26-17)19(25)16-10-6-5-9-15(16)18(24)14-7-3-2-4-8-14/h2-10,17H,11-13H2,1H3. The fourth-order valence-corrected chi connectivity index (χ4v) is 3.16. The van der Waals surface area contributed by atoms with Crippen molar-refractivity contribution >= 4 is 11.7 Å². The van der Waals surface area contributed by atoms with E-state index in [1.165, 1.54) is 0 Å². The first-order chi connectivity index (χ1) is 12.6. The van der Waals surface area contributed by atoms with Crippen molar-refractivity contribution in [2.45, 2.75) is 18.7 Å². The highest BCUT2D eigenvalue weighted by Crippen LogP contribution is 2.34. The van der Waals surface area contributed by atoms with Crippen LogP contribution in [0.15, 0.2) is 64.8 Å². The zero-order valence-corrected chi connectivity index (χ0v) is 14.5. The maximum absolute atomic E-state index is 13.1. The molecule has 26 heavy (non-hydrogen) atoms. The number of ketones is 1. The van der Waals surface area contributed by atoms with Gasteiger partial charge < -0.3 is 9.64 Å². The van der Waals surface area contributed by atoms with Crippen LogP contribution >= 0.6 is 0 Å². The smallest absolute Gasteiger partial charge is 0.254 e. The first-order valence-electron chi connectivity index (χ1n) is 8.62. The van der Waals surface area contributed by atoms with E-state index >= 15 is 0 Å². The average molecular weight is 349 g/mol. The average Bonchev–Trinajstić information content (AvgIpc) is 3.46. The second-order valence-electron chi connectivity index (χ2n) is 6.65. The number of amides is 1. The maximum atomic E-state index is 13.1. The Kier molecular flexibility index (Phi) is 4.12. The van der Waals surface area contributed by atoms with Gasteiger partial charge in [0.05, 0.1) is 18.7 Å². The topological polar surface area (TPSA) is 71.3 Å². The molecule has 0 radical (unpaired) electrons. The SMILES string of the molecule is CC1(C2CN(C(=O)c3ccccc3C(=O)c3ccccc3)CCO2)N=N1. The number of hydrogen-bond acceptors (Lipinski definition) is 5. The number of carbonyl (C=O) groups is 2. The normalized spacial score (nSPS) is 20.7. The number of rotatable bonds is 4. The summed E-state index contributed by atoms with van der Waals surface area (Å²) in [4.78, 5) is 27.7. The van der Waals surface area contributed by atoms with Gasteiger partial charge in [-0.05, 0) is 13.0 Å². The van der Waals surface area contributed by atoms with Gasteiger partial charge in [0, 0.05) is 17.7 Å². The van der Waals surface area contributed by atoms with Crippen molar-refractivity contribution in [3.63, 3.8) is 0 Å². The number of morpholine rings is 1. The summed E-state index contributed by atoms with van der Waals surface area (Å²) in [5.74, 6) is -0.319. The Hall–Kier alpha value is -2.86. The summed E-state index contributed by atoms with van der Waals surface area (Å²) in [6, 6.07) is 16.0. The molecular formula is C20H19N3O3. The van der Waals surface area contributed by atoms with Gasteiger partial charge in [-0.3, -0.25) is 9.59 Å². The fourth-order valence-electron chi connectivity index (χ4n) is 3.16. The molecule has 1 unspecified atom stereocenters. The van der Waals surface area contributed by atoms with Gasteiger partial charge in [-0.2, -0.15) is 10.2 Å². The summed E-state index contributed by atoms with van der Waals surface area (Å²) in [5.41, 5.74) is 0.851. The van der Waals surface area contributed by atoms with E-state index in [-0.39, 0.29) is 17.8 Å². The van der Waals surface area contributed by atoms with Crippen LogP contribution in [0.2, 0.25) is 0 Å². The molecule has 2 aliphatic heterocycles. The van der Waals surface area contributed by atoms with Crippen molar-refractivity contribution in [3.05, 3.63) is 71.3 Å². The van der Waals surface area contributed by atoms with Crippen LogP contribution in [-0.4, -0.2) is 48.1 Å². The minimum atomic E-state index is -0.543. The highest BCUT2D eigenvalue weighted by molar-refractivity contribution is 6.15. The van der Waals surface area contributed by atoms with E-state index < -0.39 is 5.66 Å². The predicted octanol–water partition coefficient (Wildman–Crippen LogP) is 2.94. The minimum absolute atomic E-state index is 0.154. The van der Waals surface area contributed by atoms with Gasteiger partial charge in [0.15, 0.2) is 5.78 Å². The summed E-state index contributed by atoms with van der Waals surface area (Å²) in [7, 11) is 0. The third kappa shape index (κ3) is 3.04. The van der Waals surface area contributed by atoms with E-state index in [0.717, 1.165) is 0 Å². The molecule has 6 nitrogen and oxygen atoms in total. The number of benzene rings is 2. The fraction of sp³-hybridized carbons (Fsp3) is 0.300. The summed E-state index contributed by atoms with van der Waals surface area (Å²) < 4.78 is 5.72. The van der Waals surface area contributed by atoms with Crippen molar-refractivity contribution in [1.82, 2.24) is 4.90 Å². The van der Waals surface area contributed by atoms with Crippen LogP contribution in [0.4, 0.5) is 0 Å². The Labute approximate surface area is 151 Å². The molecule has 1 fully saturated rings. The van der Waals surface area contributed by atoms with Crippen LogP contribution in [0, 0.1) is 0 Å². The molecule has 1 saturated heterocycles. The number of carbonyl (C=O) groups excluding carboxylic acids is 2. The lowest BCUT2D eigenvalue weighted by molar-refractivity contribution is -0.0388. The molecule has 2 heterocycles. The van der Waals surface area contributed by atoms with Crippen molar-refractivity contribution in [2.24, 2.45) is 10.2 Å². The molecule has 0 spiro atoms. The Morgan fingerprint density at radius 2 is 1.69 bits per heavy atom. The zero-order chi connectivity index (χ0) is 18.1. The third-order valence-electron chi connectivity index (χ3n) is 4.82. The van der Waals surface area contributed by atoms with E-state index in [4.69, 9.17) is 4.74 Å².